The van der Waals surface area contributed by atoms with Gasteiger partial charge in [0.2, 0.25) is 0 Å². The van der Waals surface area contributed by atoms with Crippen molar-refractivity contribution >= 4 is 0 Å². The molecule has 3 nitrogen and oxygen atoms in total. The number of aryl methyl sites for hydroxylation is 1. The Morgan fingerprint density at radius 1 is 1.31 bits per heavy atom. The van der Waals surface area contributed by atoms with E-state index in [2.05, 4.69) is 17.7 Å². The minimum atomic E-state index is 0.638. The van der Waals surface area contributed by atoms with Gasteiger partial charge >= 0.3 is 0 Å². The molecule has 0 amide bonds. The van der Waals surface area contributed by atoms with Crippen LogP contribution in [0.15, 0.2) is 6.20 Å². The summed E-state index contributed by atoms with van der Waals surface area (Å²) in [6.45, 7) is 4.11. The highest BCUT2D eigenvalue weighted by atomic mass is 16.5. The Bertz CT molecular complexity index is 366. The van der Waals surface area contributed by atoms with E-state index >= 15 is 0 Å². The number of aromatic nitrogens is 2. The van der Waals surface area contributed by atoms with Crippen molar-refractivity contribution in [3.8, 4) is 0 Å². The average molecular weight is 220 g/mol. The van der Waals surface area contributed by atoms with Crippen LogP contribution in [0.1, 0.15) is 56.1 Å². The van der Waals surface area contributed by atoms with Gasteiger partial charge in [-0.05, 0) is 32.6 Å². The molecule has 3 heterocycles. The Labute approximate surface area is 96.8 Å². The molecule has 0 aliphatic carbocycles. The van der Waals surface area contributed by atoms with Crippen LogP contribution in [0.3, 0.4) is 0 Å². The van der Waals surface area contributed by atoms with Gasteiger partial charge in [-0.2, -0.15) is 0 Å². The first-order valence-electron chi connectivity index (χ1n) is 6.50. The van der Waals surface area contributed by atoms with Crippen molar-refractivity contribution in [2.45, 2.75) is 51.0 Å². The van der Waals surface area contributed by atoms with Gasteiger partial charge in [0.25, 0.3) is 0 Å². The Hall–Kier alpha value is -0.830. The smallest absolute Gasteiger partial charge is 0.109 e. The van der Waals surface area contributed by atoms with Crippen molar-refractivity contribution in [3.63, 3.8) is 0 Å². The van der Waals surface area contributed by atoms with Crippen LogP contribution in [0.25, 0.3) is 0 Å². The summed E-state index contributed by atoms with van der Waals surface area (Å²) in [7, 11) is 0. The summed E-state index contributed by atoms with van der Waals surface area (Å²) in [4.78, 5) is 4.83. The van der Waals surface area contributed by atoms with Crippen LogP contribution in [0, 0.1) is 0 Å². The van der Waals surface area contributed by atoms with Crippen LogP contribution >= 0.6 is 0 Å². The van der Waals surface area contributed by atoms with E-state index in [0.717, 1.165) is 32.5 Å². The summed E-state index contributed by atoms with van der Waals surface area (Å²) in [5.74, 6) is 1.94. The highest BCUT2D eigenvalue weighted by molar-refractivity contribution is 5.13. The van der Waals surface area contributed by atoms with E-state index < -0.39 is 0 Å². The zero-order chi connectivity index (χ0) is 11.0. The third-order valence-electron chi connectivity index (χ3n) is 3.96. The Morgan fingerprint density at radius 3 is 2.88 bits per heavy atom. The lowest BCUT2D eigenvalue weighted by Crippen LogP contribution is -2.14. The maximum Gasteiger partial charge on any atom is 0.109 e. The number of fused-ring (bicyclic) bond motifs is 1. The Morgan fingerprint density at radius 2 is 2.12 bits per heavy atom. The van der Waals surface area contributed by atoms with E-state index in [1.54, 1.807) is 0 Å². The van der Waals surface area contributed by atoms with E-state index in [1.807, 2.05) is 0 Å². The third-order valence-corrected chi connectivity index (χ3v) is 3.96. The minimum Gasteiger partial charge on any atom is -0.381 e. The van der Waals surface area contributed by atoms with Gasteiger partial charge in [0.15, 0.2) is 0 Å². The lowest BCUT2D eigenvalue weighted by molar-refractivity contribution is 0.0845. The summed E-state index contributed by atoms with van der Waals surface area (Å²) in [5.41, 5.74) is 1.31. The molecule has 1 aromatic heterocycles. The van der Waals surface area contributed by atoms with Crippen molar-refractivity contribution in [1.29, 1.82) is 0 Å². The van der Waals surface area contributed by atoms with Gasteiger partial charge in [-0.15, -0.1) is 0 Å². The summed E-state index contributed by atoms with van der Waals surface area (Å²) in [6.07, 6.45) is 8.35. The van der Waals surface area contributed by atoms with Gasteiger partial charge in [-0.1, -0.05) is 0 Å². The first-order valence-corrected chi connectivity index (χ1v) is 6.50. The molecule has 2 aliphatic heterocycles. The maximum absolute atomic E-state index is 5.41. The van der Waals surface area contributed by atoms with Crippen molar-refractivity contribution in [2.75, 3.05) is 13.2 Å². The quantitative estimate of drug-likeness (QED) is 0.727. The van der Waals surface area contributed by atoms with Gasteiger partial charge in [0.1, 0.15) is 5.82 Å². The monoisotopic (exact) mass is 220 g/mol. The molecule has 1 aromatic rings. The fourth-order valence-corrected chi connectivity index (χ4v) is 2.90. The molecule has 0 radical (unpaired) electrons. The number of hydrogen-bond donors (Lipinski definition) is 0. The van der Waals surface area contributed by atoms with Crippen molar-refractivity contribution in [3.05, 3.63) is 17.7 Å². The van der Waals surface area contributed by atoms with E-state index in [-0.39, 0.29) is 0 Å². The van der Waals surface area contributed by atoms with Crippen LogP contribution in [0.2, 0.25) is 0 Å². The van der Waals surface area contributed by atoms with Gasteiger partial charge in [-0.25, -0.2) is 4.98 Å². The molecule has 2 aliphatic rings. The molecule has 0 spiro atoms. The second kappa shape index (κ2) is 4.21. The predicted molar refractivity (Wildman–Crippen MR) is 62.7 cm³/mol. The van der Waals surface area contributed by atoms with E-state index in [4.69, 9.17) is 9.72 Å². The zero-order valence-corrected chi connectivity index (χ0v) is 9.98. The SMILES string of the molecule is CC1CCCc2nc(C3CCOCC3)cn21. The van der Waals surface area contributed by atoms with E-state index in [0.29, 0.717) is 12.0 Å². The fraction of sp³-hybridized carbons (Fsp3) is 0.769. The second-order valence-electron chi connectivity index (χ2n) is 5.12. The van der Waals surface area contributed by atoms with E-state index in [1.165, 1.54) is 24.4 Å². The van der Waals surface area contributed by atoms with Gasteiger partial charge in [0.05, 0.1) is 5.69 Å². The fourth-order valence-electron chi connectivity index (χ4n) is 2.90. The van der Waals surface area contributed by atoms with E-state index in [9.17, 15) is 0 Å². The Kier molecular flexibility index (Phi) is 2.72. The van der Waals surface area contributed by atoms with Crippen molar-refractivity contribution in [2.24, 2.45) is 0 Å². The highest BCUT2D eigenvalue weighted by Gasteiger charge is 2.23. The second-order valence-corrected chi connectivity index (χ2v) is 5.12. The van der Waals surface area contributed by atoms with Crippen molar-refractivity contribution < 1.29 is 4.74 Å². The van der Waals surface area contributed by atoms with Gasteiger partial charge in [-0.3, -0.25) is 0 Å². The molecule has 1 fully saturated rings. The lowest BCUT2D eigenvalue weighted by Gasteiger charge is -2.21. The molecule has 0 saturated carbocycles. The minimum absolute atomic E-state index is 0.638. The molecule has 0 aromatic carbocycles. The van der Waals surface area contributed by atoms with Crippen LogP contribution in [-0.2, 0) is 11.2 Å². The van der Waals surface area contributed by atoms with Crippen LogP contribution in [0.5, 0.6) is 0 Å². The molecule has 3 heteroatoms. The highest BCUT2D eigenvalue weighted by Crippen LogP contribution is 2.30. The molecule has 1 unspecified atom stereocenters. The molecular weight excluding hydrogens is 200 g/mol. The average Bonchev–Trinajstić information content (AvgIpc) is 2.76. The third kappa shape index (κ3) is 1.77. The maximum atomic E-state index is 5.41. The number of rotatable bonds is 1. The lowest BCUT2D eigenvalue weighted by atomic mass is 9.97. The summed E-state index contributed by atoms with van der Waals surface area (Å²) < 4.78 is 7.81. The number of imidazole rings is 1. The van der Waals surface area contributed by atoms with Crippen LogP contribution in [0.4, 0.5) is 0 Å². The number of ether oxygens (including phenoxy) is 1. The molecule has 1 atom stereocenters. The number of nitrogens with zero attached hydrogens (tertiary/aromatic N) is 2. The number of hydrogen-bond acceptors (Lipinski definition) is 2. The summed E-state index contributed by atoms with van der Waals surface area (Å²) >= 11 is 0. The molecule has 0 N–H and O–H groups in total. The van der Waals surface area contributed by atoms with Crippen molar-refractivity contribution in [1.82, 2.24) is 9.55 Å². The first-order chi connectivity index (χ1) is 7.84. The first kappa shape index (κ1) is 10.3. The van der Waals surface area contributed by atoms with Gasteiger partial charge in [0, 0.05) is 37.8 Å². The zero-order valence-electron chi connectivity index (χ0n) is 9.98. The molecule has 88 valence electrons. The normalized spacial score (nSPS) is 26.7. The van der Waals surface area contributed by atoms with Crippen LogP contribution in [-0.4, -0.2) is 22.8 Å². The summed E-state index contributed by atoms with van der Waals surface area (Å²) in [5, 5.41) is 0. The molecule has 16 heavy (non-hydrogen) atoms. The largest absolute Gasteiger partial charge is 0.381 e. The predicted octanol–water partition coefficient (Wildman–Crippen LogP) is 2.67. The topological polar surface area (TPSA) is 27.1 Å². The van der Waals surface area contributed by atoms with Crippen LogP contribution < -0.4 is 0 Å². The van der Waals surface area contributed by atoms with Gasteiger partial charge < -0.3 is 9.30 Å². The Balaban J connectivity index is 1.85. The summed E-state index contributed by atoms with van der Waals surface area (Å²) in [6, 6.07) is 0.643. The molecule has 3 rings (SSSR count). The molecular formula is C13H20N2O. The molecule has 1 saturated heterocycles. The standard InChI is InChI=1S/C13H20N2O/c1-10-3-2-4-13-14-12(9-15(10)13)11-5-7-16-8-6-11/h9-11H,2-8H2,1H3. The molecule has 0 bridgehead atoms.